The van der Waals surface area contributed by atoms with Crippen LogP contribution in [-0.4, -0.2) is 21.0 Å². The van der Waals surface area contributed by atoms with E-state index in [1.807, 2.05) is 0 Å². The van der Waals surface area contributed by atoms with Crippen LogP contribution in [-0.2, 0) is 6.61 Å². The number of carbonyl (C=O) groups is 1. The van der Waals surface area contributed by atoms with Gasteiger partial charge >= 0.3 is 11.7 Å². The van der Waals surface area contributed by atoms with E-state index in [9.17, 15) is 19.3 Å². The van der Waals surface area contributed by atoms with Gasteiger partial charge in [-0.05, 0) is 18.2 Å². The molecule has 0 bridgehead atoms. The fourth-order valence-corrected chi connectivity index (χ4v) is 1.54. The minimum Gasteiger partial charge on any atom is -0.480 e. The van der Waals surface area contributed by atoms with Gasteiger partial charge in [0.1, 0.15) is 12.4 Å². The molecule has 0 saturated heterocycles. The lowest BCUT2D eigenvalue weighted by Gasteiger charge is -2.06. The third kappa shape index (κ3) is 3.50. The molecule has 0 unspecified atom stereocenters. The zero-order valence-electron chi connectivity index (χ0n) is 10.5. The maximum absolute atomic E-state index is 13.1. The molecule has 1 N–H and O–H groups in total. The van der Waals surface area contributed by atoms with Gasteiger partial charge in [0, 0.05) is 18.3 Å². The number of halogens is 1. The van der Waals surface area contributed by atoms with Crippen LogP contribution in [0.4, 0.5) is 10.1 Å². The SMILES string of the molecule is O=C(O)c1ccc(COc2cc(F)ccc2[N+](=O)[O-])nc1. The molecule has 0 fully saturated rings. The second-order valence-electron chi connectivity index (χ2n) is 4.00. The summed E-state index contributed by atoms with van der Waals surface area (Å²) < 4.78 is 18.3. The van der Waals surface area contributed by atoms with Crippen molar-refractivity contribution in [2.75, 3.05) is 0 Å². The number of nitrogens with zero attached hydrogens (tertiary/aromatic N) is 2. The second-order valence-corrected chi connectivity index (χ2v) is 4.00. The van der Waals surface area contributed by atoms with Crippen LogP contribution in [0.3, 0.4) is 0 Å². The fourth-order valence-electron chi connectivity index (χ4n) is 1.54. The predicted octanol–water partition coefficient (Wildman–Crippen LogP) is 2.41. The maximum Gasteiger partial charge on any atom is 0.337 e. The monoisotopic (exact) mass is 292 g/mol. The van der Waals surface area contributed by atoms with Crippen molar-refractivity contribution in [3.8, 4) is 5.75 Å². The number of hydrogen-bond acceptors (Lipinski definition) is 5. The van der Waals surface area contributed by atoms with Gasteiger partial charge in [0.15, 0.2) is 5.75 Å². The Balaban J connectivity index is 2.14. The Morgan fingerprint density at radius 3 is 2.71 bits per heavy atom. The molecule has 0 aliphatic rings. The Bertz CT molecular complexity index is 687. The molecule has 0 spiro atoms. The van der Waals surface area contributed by atoms with E-state index < -0.39 is 16.7 Å². The molecule has 1 aromatic carbocycles. The number of hydrogen-bond donors (Lipinski definition) is 1. The zero-order chi connectivity index (χ0) is 15.4. The highest BCUT2D eigenvalue weighted by atomic mass is 19.1. The van der Waals surface area contributed by atoms with Crippen LogP contribution >= 0.6 is 0 Å². The molecule has 0 radical (unpaired) electrons. The molecule has 0 saturated carbocycles. The zero-order valence-corrected chi connectivity index (χ0v) is 10.5. The molecule has 0 amide bonds. The van der Waals surface area contributed by atoms with Crippen molar-refractivity contribution in [2.24, 2.45) is 0 Å². The fraction of sp³-hybridized carbons (Fsp3) is 0.0769. The second kappa shape index (κ2) is 5.95. The van der Waals surface area contributed by atoms with Gasteiger partial charge in [-0.3, -0.25) is 15.1 Å². The average molecular weight is 292 g/mol. The summed E-state index contributed by atoms with van der Waals surface area (Å²) in [4.78, 5) is 24.6. The summed E-state index contributed by atoms with van der Waals surface area (Å²) >= 11 is 0. The molecule has 0 aliphatic carbocycles. The topological polar surface area (TPSA) is 103 Å². The van der Waals surface area contributed by atoms with E-state index in [2.05, 4.69) is 4.98 Å². The quantitative estimate of drug-likeness (QED) is 0.670. The molecule has 2 aromatic rings. The molecular weight excluding hydrogens is 283 g/mol. The van der Waals surface area contributed by atoms with E-state index in [-0.39, 0.29) is 23.6 Å². The van der Waals surface area contributed by atoms with E-state index >= 15 is 0 Å². The number of carboxylic acid groups (broad SMARTS) is 1. The molecule has 0 atom stereocenters. The number of pyridine rings is 1. The van der Waals surface area contributed by atoms with Crippen LogP contribution in [0.1, 0.15) is 16.1 Å². The first-order valence-electron chi connectivity index (χ1n) is 5.72. The number of nitro groups is 1. The highest BCUT2D eigenvalue weighted by molar-refractivity contribution is 5.87. The van der Waals surface area contributed by atoms with Gasteiger partial charge in [0.2, 0.25) is 0 Å². The first kappa shape index (κ1) is 14.4. The van der Waals surface area contributed by atoms with Gasteiger partial charge in [0.25, 0.3) is 0 Å². The summed E-state index contributed by atoms with van der Waals surface area (Å²) in [5.41, 5.74) is 0.00704. The van der Waals surface area contributed by atoms with E-state index in [1.165, 1.54) is 12.1 Å². The smallest absolute Gasteiger partial charge is 0.337 e. The van der Waals surface area contributed by atoms with Crippen molar-refractivity contribution in [3.63, 3.8) is 0 Å². The van der Waals surface area contributed by atoms with Crippen LogP contribution in [0.25, 0.3) is 0 Å². The molecule has 1 heterocycles. The average Bonchev–Trinajstić information content (AvgIpc) is 2.45. The number of carboxylic acids is 1. The summed E-state index contributed by atoms with van der Waals surface area (Å²) in [7, 11) is 0. The van der Waals surface area contributed by atoms with Crippen LogP contribution in [0.2, 0.25) is 0 Å². The Hall–Kier alpha value is -3.03. The van der Waals surface area contributed by atoms with E-state index in [0.29, 0.717) is 5.69 Å². The normalized spacial score (nSPS) is 10.1. The van der Waals surface area contributed by atoms with Gasteiger partial charge in [-0.25, -0.2) is 9.18 Å². The number of benzene rings is 1. The minimum atomic E-state index is -1.12. The lowest BCUT2D eigenvalue weighted by Crippen LogP contribution is -2.03. The first-order chi connectivity index (χ1) is 9.97. The molecule has 2 rings (SSSR count). The van der Waals surface area contributed by atoms with Crippen molar-refractivity contribution >= 4 is 11.7 Å². The lowest BCUT2D eigenvalue weighted by atomic mass is 10.2. The number of aromatic carboxylic acids is 1. The lowest BCUT2D eigenvalue weighted by molar-refractivity contribution is -0.386. The molecule has 7 nitrogen and oxygen atoms in total. The van der Waals surface area contributed by atoms with Crippen LogP contribution in [0.15, 0.2) is 36.5 Å². The van der Waals surface area contributed by atoms with Crippen molar-refractivity contribution in [2.45, 2.75) is 6.61 Å². The number of rotatable bonds is 5. The van der Waals surface area contributed by atoms with Crippen LogP contribution in [0.5, 0.6) is 5.75 Å². The highest BCUT2D eigenvalue weighted by Gasteiger charge is 2.16. The Kier molecular flexibility index (Phi) is 4.07. The summed E-state index contributed by atoms with van der Waals surface area (Å²) in [5.74, 6) is -2.00. The summed E-state index contributed by atoms with van der Waals surface area (Å²) in [6.45, 7) is -0.149. The number of nitro benzene ring substituents is 1. The Morgan fingerprint density at radius 2 is 2.14 bits per heavy atom. The Labute approximate surface area is 117 Å². The highest BCUT2D eigenvalue weighted by Crippen LogP contribution is 2.28. The van der Waals surface area contributed by atoms with Crippen molar-refractivity contribution in [3.05, 3.63) is 63.7 Å². The third-order valence-electron chi connectivity index (χ3n) is 2.57. The molecule has 0 aliphatic heterocycles. The van der Waals surface area contributed by atoms with Crippen molar-refractivity contribution in [1.82, 2.24) is 4.98 Å². The van der Waals surface area contributed by atoms with E-state index in [4.69, 9.17) is 9.84 Å². The van der Waals surface area contributed by atoms with E-state index in [1.54, 1.807) is 0 Å². The maximum atomic E-state index is 13.1. The molecule has 8 heteroatoms. The minimum absolute atomic E-state index is 0.00971. The first-order valence-corrected chi connectivity index (χ1v) is 5.72. The largest absolute Gasteiger partial charge is 0.480 e. The number of ether oxygens (including phenoxy) is 1. The van der Waals surface area contributed by atoms with Gasteiger partial charge in [-0.1, -0.05) is 0 Å². The van der Waals surface area contributed by atoms with Crippen molar-refractivity contribution in [1.29, 1.82) is 0 Å². The third-order valence-corrected chi connectivity index (χ3v) is 2.57. The molecule has 108 valence electrons. The molecular formula is C13H9FN2O5. The van der Waals surface area contributed by atoms with Crippen LogP contribution in [0, 0.1) is 15.9 Å². The molecule has 1 aromatic heterocycles. The summed E-state index contributed by atoms with van der Waals surface area (Å²) in [6.07, 6.45) is 1.14. The summed E-state index contributed by atoms with van der Waals surface area (Å²) in [6, 6.07) is 5.61. The standard InChI is InChI=1S/C13H9FN2O5/c14-9-2-4-11(16(19)20)12(5-9)21-7-10-3-1-8(6-15-10)13(17)18/h1-6H,7H2,(H,17,18). The van der Waals surface area contributed by atoms with Gasteiger partial charge < -0.3 is 9.84 Å². The Morgan fingerprint density at radius 1 is 1.38 bits per heavy atom. The van der Waals surface area contributed by atoms with Crippen LogP contribution < -0.4 is 4.74 Å². The van der Waals surface area contributed by atoms with Gasteiger partial charge in [-0.15, -0.1) is 0 Å². The summed E-state index contributed by atoms with van der Waals surface area (Å²) in [5, 5.41) is 19.5. The predicted molar refractivity (Wildman–Crippen MR) is 68.6 cm³/mol. The number of aromatic nitrogens is 1. The van der Waals surface area contributed by atoms with Crippen molar-refractivity contribution < 1.29 is 24.0 Å². The molecule has 21 heavy (non-hydrogen) atoms. The van der Waals surface area contributed by atoms with Gasteiger partial charge in [-0.2, -0.15) is 0 Å². The van der Waals surface area contributed by atoms with E-state index in [0.717, 1.165) is 24.4 Å². The van der Waals surface area contributed by atoms with Gasteiger partial charge in [0.05, 0.1) is 16.2 Å².